The molecule has 0 aliphatic carbocycles. The molecule has 3 aliphatic rings. The molecule has 11 heteroatoms. The van der Waals surface area contributed by atoms with Crippen LogP contribution in [0.4, 0.5) is 5.69 Å². The fourth-order valence-electron chi connectivity index (χ4n) is 7.90. The first kappa shape index (κ1) is 36.0. The molecule has 2 N–H and O–H groups in total. The van der Waals surface area contributed by atoms with Crippen molar-refractivity contribution in [1.29, 1.82) is 0 Å². The van der Waals surface area contributed by atoms with E-state index in [-0.39, 0.29) is 19.6 Å². The van der Waals surface area contributed by atoms with E-state index in [0.717, 1.165) is 5.56 Å². The first-order chi connectivity index (χ1) is 24.7. The van der Waals surface area contributed by atoms with Gasteiger partial charge in [-0.2, -0.15) is 0 Å². The molecule has 266 valence electrons. The number of nitrogens with zero attached hydrogens (tertiary/aromatic N) is 2. The molecule has 3 heterocycles. The summed E-state index contributed by atoms with van der Waals surface area (Å²) < 4.78 is 12.3. The number of hydrogen-bond acceptors (Lipinski definition) is 7. The van der Waals surface area contributed by atoms with E-state index in [2.05, 4.69) is 18.5 Å². The van der Waals surface area contributed by atoms with Crippen LogP contribution in [0.15, 0.2) is 110 Å². The normalized spacial score (nSPS) is 24.4. The predicted molar refractivity (Wildman–Crippen MR) is 192 cm³/mol. The predicted octanol–water partition coefficient (Wildman–Crippen LogP) is 5.33. The van der Waals surface area contributed by atoms with Gasteiger partial charge in [-0.3, -0.25) is 19.2 Å². The average Bonchev–Trinajstić information content (AvgIpc) is 3.80. The van der Waals surface area contributed by atoms with Crippen molar-refractivity contribution in [2.75, 3.05) is 24.7 Å². The topological polar surface area (TPSA) is 125 Å². The standard InChI is InChI=1S/C40H42ClN3O7/c1-3-5-16-33(46)50-25-30(26-12-8-6-9-13-26)42-37(47)34-32-21-22-40(51-32)35(34)38(48)44(31(24-45)27-14-10-7-11-15-27)36(40)39(49)43(23-4-2)29-19-17-28(41)18-20-29/h3-4,6-15,17-20,30-32,34-36,45H,1-2,5,16,21-25H2,(H,42,47)/t30-,31-,32+,34-,35-,36+,40-/m1/s1. The fraction of sp³-hybridized carbons (Fsp3) is 0.350. The second kappa shape index (κ2) is 15.6. The molecule has 2 bridgehead atoms. The van der Waals surface area contributed by atoms with Crippen LogP contribution in [0.5, 0.6) is 0 Å². The number of nitrogens with one attached hydrogen (secondary N) is 1. The largest absolute Gasteiger partial charge is 0.463 e. The number of hydrogen-bond donors (Lipinski definition) is 2. The highest BCUT2D eigenvalue weighted by Gasteiger charge is 2.75. The SMILES string of the molecule is C=CCCC(=O)OC[C@@H](NC(=O)[C@@H]1[C@@H]2CC[C@]3(O2)[C@H](C(=O)N(CC=C)c2ccc(Cl)cc2)N([C@H](CO)c2ccccc2)C(=O)[C@@H]13)c1ccccc1. The van der Waals surface area contributed by atoms with E-state index in [1.165, 1.54) is 9.80 Å². The third-order valence-corrected chi connectivity index (χ3v) is 10.4. The number of amides is 3. The van der Waals surface area contributed by atoms with Gasteiger partial charge in [-0.1, -0.05) is 84.4 Å². The van der Waals surface area contributed by atoms with Crippen molar-refractivity contribution >= 4 is 41.0 Å². The van der Waals surface area contributed by atoms with E-state index >= 15 is 0 Å². The third kappa shape index (κ3) is 6.96. The highest BCUT2D eigenvalue weighted by atomic mass is 35.5. The summed E-state index contributed by atoms with van der Waals surface area (Å²) in [5, 5.41) is 14.4. The Balaban J connectivity index is 1.37. The molecule has 3 aromatic carbocycles. The Labute approximate surface area is 302 Å². The lowest BCUT2D eigenvalue weighted by Crippen LogP contribution is -2.57. The number of likely N-dealkylation sites (tertiary alicyclic amines) is 1. The molecule has 0 radical (unpaired) electrons. The van der Waals surface area contributed by atoms with Crippen LogP contribution in [-0.2, 0) is 28.7 Å². The van der Waals surface area contributed by atoms with Crippen molar-refractivity contribution in [3.63, 3.8) is 0 Å². The van der Waals surface area contributed by atoms with Crippen LogP contribution in [0.1, 0.15) is 48.9 Å². The van der Waals surface area contributed by atoms with Gasteiger partial charge in [0.05, 0.1) is 36.6 Å². The van der Waals surface area contributed by atoms with Crippen molar-refractivity contribution in [3.05, 3.63) is 126 Å². The summed E-state index contributed by atoms with van der Waals surface area (Å²) in [7, 11) is 0. The summed E-state index contributed by atoms with van der Waals surface area (Å²) in [6, 6.07) is 22.2. The Morgan fingerprint density at radius 3 is 2.31 bits per heavy atom. The molecular formula is C40H42ClN3O7. The number of fused-ring (bicyclic) bond motifs is 1. The molecule has 3 saturated heterocycles. The zero-order valence-electron chi connectivity index (χ0n) is 28.2. The highest BCUT2D eigenvalue weighted by Crippen LogP contribution is 2.60. The zero-order chi connectivity index (χ0) is 36.1. The number of carbonyl (C=O) groups is 4. The van der Waals surface area contributed by atoms with E-state index < -0.39 is 72.0 Å². The van der Waals surface area contributed by atoms with Gasteiger partial charge in [0.1, 0.15) is 18.2 Å². The van der Waals surface area contributed by atoms with Crippen molar-refractivity contribution in [2.45, 2.75) is 55.5 Å². The number of ether oxygens (including phenoxy) is 2. The van der Waals surface area contributed by atoms with Crippen LogP contribution >= 0.6 is 11.6 Å². The van der Waals surface area contributed by atoms with E-state index in [1.807, 2.05) is 36.4 Å². The van der Waals surface area contributed by atoms with Gasteiger partial charge in [-0.15, -0.1) is 13.2 Å². The number of carbonyl (C=O) groups excluding carboxylic acids is 4. The summed E-state index contributed by atoms with van der Waals surface area (Å²) in [6.45, 7) is 7.07. The van der Waals surface area contributed by atoms with Crippen molar-refractivity contribution < 1.29 is 33.8 Å². The van der Waals surface area contributed by atoms with Gasteiger partial charge in [0.15, 0.2) is 0 Å². The number of anilines is 1. The molecule has 3 amide bonds. The van der Waals surface area contributed by atoms with Crippen LogP contribution in [0.3, 0.4) is 0 Å². The average molecular weight is 712 g/mol. The molecule has 10 nitrogen and oxygen atoms in total. The van der Waals surface area contributed by atoms with Crippen LogP contribution in [0.25, 0.3) is 0 Å². The van der Waals surface area contributed by atoms with Gasteiger partial charge < -0.3 is 29.7 Å². The monoisotopic (exact) mass is 711 g/mol. The van der Waals surface area contributed by atoms with Gasteiger partial charge in [-0.05, 0) is 54.7 Å². The van der Waals surface area contributed by atoms with Gasteiger partial charge in [0, 0.05) is 23.7 Å². The van der Waals surface area contributed by atoms with Crippen molar-refractivity contribution in [2.24, 2.45) is 11.8 Å². The van der Waals surface area contributed by atoms with Gasteiger partial charge in [0.2, 0.25) is 11.8 Å². The number of aliphatic hydroxyl groups is 1. The number of allylic oxidation sites excluding steroid dienone is 1. The van der Waals surface area contributed by atoms with Crippen LogP contribution in [0, 0.1) is 11.8 Å². The molecule has 3 aromatic rings. The number of rotatable bonds is 15. The van der Waals surface area contributed by atoms with Gasteiger partial charge in [-0.25, -0.2) is 0 Å². The number of aliphatic hydroxyl groups excluding tert-OH is 1. The maximum absolute atomic E-state index is 15.0. The van der Waals surface area contributed by atoms with Gasteiger partial charge in [0.25, 0.3) is 5.91 Å². The van der Waals surface area contributed by atoms with E-state index in [4.69, 9.17) is 21.1 Å². The van der Waals surface area contributed by atoms with Crippen molar-refractivity contribution in [1.82, 2.24) is 10.2 Å². The molecule has 7 atom stereocenters. The molecule has 0 aromatic heterocycles. The molecule has 0 unspecified atom stereocenters. The number of halogens is 1. The van der Waals surface area contributed by atoms with Crippen molar-refractivity contribution in [3.8, 4) is 0 Å². The first-order valence-corrected chi connectivity index (χ1v) is 17.6. The lowest BCUT2D eigenvalue weighted by Gasteiger charge is -2.39. The fourth-order valence-corrected chi connectivity index (χ4v) is 8.03. The number of esters is 1. The van der Waals surface area contributed by atoms with Crippen LogP contribution in [0.2, 0.25) is 5.02 Å². The molecule has 3 fully saturated rings. The van der Waals surface area contributed by atoms with Crippen LogP contribution < -0.4 is 10.2 Å². The Bertz CT molecular complexity index is 1750. The van der Waals surface area contributed by atoms with E-state index in [1.54, 1.807) is 60.7 Å². The van der Waals surface area contributed by atoms with Crippen LogP contribution in [-0.4, -0.2) is 71.2 Å². The summed E-state index contributed by atoms with van der Waals surface area (Å²) in [5.41, 5.74) is 0.573. The second-order valence-electron chi connectivity index (χ2n) is 13.1. The summed E-state index contributed by atoms with van der Waals surface area (Å²) in [6.07, 6.45) is 4.04. The maximum atomic E-state index is 15.0. The van der Waals surface area contributed by atoms with E-state index in [9.17, 15) is 24.3 Å². The molecule has 51 heavy (non-hydrogen) atoms. The highest BCUT2D eigenvalue weighted by molar-refractivity contribution is 6.30. The molecule has 0 saturated carbocycles. The maximum Gasteiger partial charge on any atom is 0.306 e. The zero-order valence-corrected chi connectivity index (χ0v) is 29.0. The Morgan fingerprint density at radius 1 is 1.02 bits per heavy atom. The minimum atomic E-state index is -1.34. The van der Waals surface area contributed by atoms with E-state index in [0.29, 0.717) is 35.5 Å². The first-order valence-electron chi connectivity index (χ1n) is 17.2. The minimum absolute atomic E-state index is 0.112. The molecule has 3 aliphatic heterocycles. The molecule has 1 spiro atoms. The quantitative estimate of drug-likeness (QED) is 0.161. The third-order valence-electron chi connectivity index (χ3n) is 10.2. The summed E-state index contributed by atoms with van der Waals surface area (Å²) in [4.78, 5) is 59.6. The smallest absolute Gasteiger partial charge is 0.306 e. The molecule has 6 rings (SSSR count). The Morgan fingerprint density at radius 2 is 1.69 bits per heavy atom. The Kier molecular flexibility index (Phi) is 11.0. The lowest BCUT2D eigenvalue weighted by atomic mass is 9.70. The lowest BCUT2D eigenvalue weighted by molar-refractivity contribution is -0.146. The minimum Gasteiger partial charge on any atom is -0.463 e. The summed E-state index contributed by atoms with van der Waals surface area (Å²) >= 11 is 6.18. The van der Waals surface area contributed by atoms with Gasteiger partial charge >= 0.3 is 5.97 Å². The second-order valence-corrected chi connectivity index (χ2v) is 13.5. The molecular weight excluding hydrogens is 670 g/mol. The Hall–Kier alpha value is -4.77. The number of benzene rings is 3. The summed E-state index contributed by atoms with van der Waals surface area (Å²) in [5.74, 6) is -3.67.